The molecule has 2 nitrogen and oxygen atoms in total. The Morgan fingerprint density at radius 3 is 2.29 bits per heavy atom. The zero-order chi connectivity index (χ0) is 15.6. The molecule has 0 aliphatic carbocycles. The van der Waals surface area contributed by atoms with Crippen molar-refractivity contribution in [3.63, 3.8) is 0 Å². The van der Waals surface area contributed by atoms with Gasteiger partial charge in [-0.05, 0) is 30.3 Å². The Kier molecular flexibility index (Phi) is 4.13. The first-order valence-corrected chi connectivity index (χ1v) is 6.13. The summed E-state index contributed by atoms with van der Waals surface area (Å²) in [4.78, 5) is -0.0175. The number of alkyl halides is 3. The molecular formula is C14H9F4NOS. The average Bonchev–Trinajstić information content (AvgIpc) is 2.40. The highest BCUT2D eigenvalue weighted by Gasteiger charge is 2.34. The van der Waals surface area contributed by atoms with E-state index in [1.54, 1.807) is 0 Å². The fourth-order valence-electron chi connectivity index (χ4n) is 1.65. The highest BCUT2D eigenvalue weighted by Crippen LogP contribution is 2.38. The second-order valence-corrected chi connectivity index (χ2v) is 4.55. The van der Waals surface area contributed by atoms with Gasteiger partial charge in [-0.1, -0.05) is 24.4 Å². The zero-order valence-electron chi connectivity index (χ0n) is 10.4. The predicted molar refractivity (Wildman–Crippen MR) is 73.8 cm³/mol. The summed E-state index contributed by atoms with van der Waals surface area (Å²) in [7, 11) is 0. The van der Waals surface area contributed by atoms with E-state index < -0.39 is 23.3 Å². The van der Waals surface area contributed by atoms with Crippen LogP contribution >= 0.6 is 12.2 Å². The van der Waals surface area contributed by atoms with E-state index in [0.29, 0.717) is 0 Å². The first-order valence-electron chi connectivity index (χ1n) is 5.72. The molecule has 0 aromatic heterocycles. The summed E-state index contributed by atoms with van der Waals surface area (Å²) < 4.78 is 57.3. The number of benzene rings is 2. The van der Waals surface area contributed by atoms with E-state index in [2.05, 4.69) is 12.2 Å². The normalized spacial score (nSPS) is 11.2. The number of rotatable bonds is 3. The van der Waals surface area contributed by atoms with Crippen LogP contribution < -0.4 is 10.5 Å². The predicted octanol–water partition coefficient (Wildman–Crippen LogP) is 4.27. The third-order valence-electron chi connectivity index (χ3n) is 2.63. The van der Waals surface area contributed by atoms with Crippen molar-refractivity contribution in [2.24, 2.45) is 5.73 Å². The number of hydrogen-bond donors (Lipinski definition) is 1. The van der Waals surface area contributed by atoms with Crippen LogP contribution in [0.15, 0.2) is 42.5 Å². The van der Waals surface area contributed by atoms with Gasteiger partial charge in [0.05, 0.1) is 5.56 Å². The van der Waals surface area contributed by atoms with Crippen LogP contribution in [0.1, 0.15) is 11.1 Å². The molecule has 0 heterocycles. The lowest BCUT2D eigenvalue weighted by Gasteiger charge is -2.14. The standard InChI is InChI=1S/C14H9F4NOS/c15-10-7-8(13(19)21)5-6-12(10)20-11-4-2-1-3-9(11)14(16,17)18/h1-7H,(H2,19,21). The molecule has 0 saturated heterocycles. The molecule has 0 spiro atoms. The molecule has 2 aromatic rings. The quantitative estimate of drug-likeness (QED) is 0.678. The van der Waals surface area contributed by atoms with E-state index in [0.717, 1.165) is 18.2 Å². The molecule has 2 N–H and O–H groups in total. The SMILES string of the molecule is NC(=S)c1ccc(Oc2ccccc2C(F)(F)F)c(F)c1. The molecule has 0 atom stereocenters. The number of nitrogens with two attached hydrogens (primary N) is 1. The van der Waals surface area contributed by atoms with Gasteiger partial charge in [-0.15, -0.1) is 0 Å². The maximum absolute atomic E-state index is 13.8. The Labute approximate surface area is 123 Å². The largest absolute Gasteiger partial charge is 0.454 e. The lowest BCUT2D eigenvalue weighted by Crippen LogP contribution is -2.10. The van der Waals surface area contributed by atoms with Crippen LogP contribution in [0.3, 0.4) is 0 Å². The van der Waals surface area contributed by atoms with Gasteiger partial charge in [0.1, 0.15) is 10.7 Å². The molecule has 0 fully saturated rings. The molecular weight excluding hydrogens is 306 g/mol. The van der Waals surface area contributed by atoms with Gasteiger partial charge in [-0.25, -0.2) is 4.39 Å². The number of halogens is 4. The van der Waals surface area contributed by atoms with Crippen molar-refractivity contribution in [2.75, 3.05) is 0 Å². The van der Waals surface area contributed by atoms with Gasteiger partial charge in [-0.3, -0.25) is 0 Å². The minimum Gasteiger partial charge on any atom is -0.454 e. The van der Waals surface area contributed by atoms with E-state index in [4.69, 9.17) is 10.5 Å². The summed E-state index contributed by atoms with van der Waals surface area (Å²) in [6.45, 7) is 0. The van der Waals surface area contributed by atoms with E-state index in [1.165, 1.54) is 24.3 Å². The third-order valence-corrected chi connectivity index (χ3v) is 2.86. The smallest absolute Gasteiger partial charge is 0.419 e. The highest BCUT2D eigenvalue weighted by molar-refractivity contribution is 7.80. The van der Waals surface area contributed by atoms with Crippen molar-refractivity contribution >= 4 is 17.2 Å². The molecule has 0 unspecified atom stereocenters. The number of para-hydroxylation sites is 1. The van der Waals surface area contributed by atoms with Crippen molar-refractivity contribution in [1.29, 1.82) is 0 Å². The van der Waals surface area contributed by atoms with Crippen LogP contribution in [0.5, 0.6) is 11.5 Å². The van der Waals surface area contributed by atoms with Gasteiger partial charge >= 0.3 is 6.18 Å². The van der Waals surface area contributed by atoms with Crippen LogP contribution in [0.2, 0.25) is 0 Å². The van der Waals surface area contributed by atoms with Gasteiger partial charge in [0, 0.05) is 5.56 Å². The molecule has 110 valence electrons. The second kappa shape index (κ2) is 5.69. The van der Waals surface area contributed by atoms with Crippen molar-refractivity contribution in [3.8, 4) is 11.5 Å². The molecule has 21 heavy (non-hydrogen) atoms. The minimum atomic E-state index is -4.59. The maximum Gasteiger partial charge on any atom is 0.419 e. The van der Waals surface area contributed by atoms with Gasteiger partial charge < -0.3 is 10.5 Å². The van der Waals surface area contributed by atoms with Crippen LogP contribution in [-0.4, -0.2) is 4.99 Å². The van der Waals surface area contributed by atoms with Gasteiger partial charge in [0.15, 0.2) is 11.6 Å². The summed E-state index contributed by atoms with van der Waals surface area (Å²) in [5.74, 6) is -1.67. The highest BCUT2D eigenvalue weighted by atomic mass is 32.1. The third kappa shape index (κ3) is 3.49. The first kappa shape index (κ1) is 15.2. The fraction of sp³-hybridized carbons (Fsp3) is 0.0714. The summed E-state index contributed by atoms with van der Waals surface area (Å²) >= 11 is 4.69. The van der Waals surface area contributed by atoms with Crippen LogP contribution in [0, 0.1) is 5.82 Å². The summed E-state index contributed by atoms with van der Waals surface area (Å²) in [5.41, 5.74) is 4.62. The number of thiocarbonyl (C=S) groups is 1. The van der Waals surface area contributed by atoms with Gasteiger partial charge in [-0.2, -0.15) is 13.2 Å². The van der Waals surface area contributed by atoms with E-state index in [-0.39, 0.29) is 16.3 Å². The monoisotopic (exact) mass is 315 g/mol. The summed E-state index contributed by atoms with van der Waals surface area (Å²) in [6, 6.07) is 8.12. The Hall–Kier alpha value is -2.15. The van der Waals surface area contributed by atoms with Crippen LogP contribution in [-0.2, 0) is 6.18 Å². The number of ether oxygens (including phenoxy) is 1. The molecule has 0 saturated carbocycles. The van der Waals surface area contributed by atoms with Crippen molar-refractivity contribution in [3.05, 3.63) is 59.4 Å². The van der Waals surface area contributed by atoms with Crippen LogP contribution in [0.4, 0.5) is 17.6 Å². The van der Waals surface area contributed by atoms with Crippen LogP contribution in [0.25, 0.3) is 0 Å². The molecule has 0 aliphatic heterocycles. The fourth-order valence-corrected chi connectivity index (χ4v) is 1.77. The molecule has 0 aliphatic rings. The molecule has 0 radical (unpaired) electrons. The van der Waals surface area contributed by atoms with Crippen molar-refractivity contribution < 1.29 is 22.3 Å². The van der Waals surface area contributed by atoms with Crippen molar-refractivity contribution in [1.82, 2.24) is 0 Å². The van der Waals surface area contributed by atoms with E-state index >= 15 is 0 Å². The van der Waals surface area contributed by atoms with E-state index in [9.17, 15) is 17.6 Å². The first-order chi connectivity index (χ1) is 9.79. The zero-order valence-corrected chi connectivity index (χ0v) is 11.3. The Morgan fingerprint density at radius 2 is 1.71 bits per heavy atom. The number of hydrogen-bond acceptors (Lipinski definition) is 2. The van der Waals surface area contributed by atoms with Gasteiger partial charge in [0.25, 0.3) is 0 Å². The lowest BCUT2D eigenvalue weighted by molar-refractivity contribution is -0.138. The second-order valence-electron chi connectivity index (χ2n) is 4.11. The molecule has 2 rings (SSSR count). The molecule has 2 aromatic carbocycles. The Balaban J connectivity index is 2.38. The molecule has 0 bridgehead atoms. The maximum atomic E-state index is 13.8. The van der Waals surface area contributed by atoms with Gasteiger partial charge in [0.2, 0.25) is 0 Å². The van der Waals surface area contributed by atoms with Crippen molar-refractivity contribution in [2.45, 2.75) is 6.18 Å². The average molecular weight is 315 g/mol. The summed E-state index contributed by atoms with van der Waals surface area (Å²) in [5, 5.41) is 0. The van der Waals surface area contributed by atoms with E-state index in [1.807, 2.05) is 0 Å². The lowest BCUT2D eigenvalue weighted by atomic mass is 10.2. The topological polar surface area (TPSA) is 35.2 Å². The molecule has 0 amide bonds. The molecule has 7 heteroatoms. The minimum absolute atomic E-state index is 0.0175. The Bertz CT molecular complexity index is 685. The Morgan fingerprint density at radius 1 is 1.05 bits per heavy atom. The summed E-state index contributed by atoms with van der Waals surface area (Å²) in [6.07, 6.45) is -4.59.